The van der Waals surface area contributed by atoms with Gasteiger partial charge in [0.2, 0.25) is 15.9 Å². The van der Waals surface area contributed by atoms with Gasteiger partial charge in [-0.25, -0.2) is 12.7 Å². The molecule has 1 saturated carbocycles. The highest BCUT2D eigenvalue weighted by molar-refractivity contribution is 7.89. The number of nitrogens with zero attached hydrogens (tertiary/aromatic N) is 3. The molecule has 27 heavy (non-hydrogen) atoms. The third-order valence-electron chi connectivity index (χ3n) is 8.16. The second-order valence-corrected chi connectivity index (χ2v) is 11.5. The van der Waals surface area contributed by atoms with Crippen molar-refractivity contribution in [1.82, 2.24) is 14.1 Å². The summed E-state index contributed by atoms with van der Waals surface area (Å²) >= 11 is 0. The minimum atomic E-state index is -3.10. The van der Waals surface area contributed by atoms with Gasteiger partial charge in [0.05, 0.1) is 11.2 Å². The van der Waals surface area contributed by atoms with Crippen LogP contribution in [0.5, 0.6) is 0 Å². The van der Waals surface area contributed by atoms with Crippen LogP contribution < -0.4 is 0 Å². The quantitative estimate of drug-likeness (QED) is 0.725. The minimum absolute atomic E-state index is 0.152. The fourth-order valence-electron chi connectivity index (χ4n) is 6.48. The van der Waals surface area contributed by atoms with Gasteiger partial charge in [-0.3, -0.25) is 4.79 Å². The monoisotopic (exact) mass is 397 g/mol. The Kier molecular flexibility index (Phi) is 5.09. The molecular formula is C20H35N3O3S. The van der Waals surface area contributed by atoms with Crippen LogP contribution in [0.3, 0.4) is 0 Å². The lowest BCUT2D eigenvalue weighted by molar-refractivity contribution is -0.142. The number of hydrogen-bond acceptors (Lipinski definition) is 4. The van der Waals surface area contributed by atoms with E-state index in [-0.39, 0.29) is 16.6 Å². The molecule has 0 bridgehead atoms. The lowest BCUT2D eigenvalue weighted by atomic mass is 9.66. The van der Waals surface area contributed by atoms with Crippen LogP contribution in [-0.2, 0) is 14.8 Å². The normalized spacial score (nSPS) is 34.4. The Morgan fingerprint density at radius 3 is 2.26 bits per heavy atom. The number of rotatable bonds is 4. The van der Waals surface area contributed by atoms with E-state index in [0.29, 0.717) is 24.9 Å². The van der Waals surface area contributed by atoms with Gasteiger partial charge in [0, 0.05) is 39.3 Å². The first-order valence-corrected chi connectivity index (χ1v) is 12.5. The molecule has 7 heteroatoms. The zero-order valence-corrected chi connectivity index (χ0v) is 17.8. The molecular weight excluding hydrogens is 362 g/mol. The topological polar surface area (TPSA) is 60.9 Å². The van der Waals surface area contributed by atoms with Gasteiger partial charge in [0.25, 0.3) is 0 Å². The van der Waals surface area contributed by atoms with E-state index in [1.54, 1.807) is 11.2 Å². The highest BCUT2D eigenvalue weighted by atomic mass is 32.2. The van der Waals surface area contributed by atoms with Crippen LogP contribution in [0.25, 0.3) is 0 Å². The molecule has 3 aliphatic heterocycles. The lowest BCUT2D eigenvalue weighted by Gasteiger charge is -2.44. The predicted molar refractivity (Wildman–Crippen MR) is 106 cm³/mol. The molecule has 154 valence electrons. The average molecular weight is 398 g/mol. The number of carbonyl (C=O) groups is 1. The highest BCUT2D eigenvalue weighted by Gasteiger charge is 2.65. The van der Waals surface area contributed by atoms with Crippen molar-refractivity contribution in [2.75, 3.05) is 51.6 Å². The summed E-state index contributed by atoms with van der Waals surface area (Å²) in [4.78, 5) is 18.2. The largest absolute Gasteiger partial charge is 0.342 e. The van der Waals surface area contributed by atoms with Gasteiger partial charge in [0.1, 0.15) is 0 Å². The Hall–Kier alpha value is -0.660. The van der Waals surface area contributed by atoms with Gasteiger partial charge in [-0.05, 0) is 63.3 Å². The van der Waals surface area contributed by atoms with Crippen LogP contribution in [0.4, 0.5) is 0 Å². The molecule has 6 nitrogen and oxygen atoms in total. The third kappa shape index (κ3) is 3.04. The SMILES string of the molecule is CCN1C[C@H]2C3(CCN(S(=O)(=O)CC)CC3)CC[C@@]2(C(=O)N2CCCC2)C1. The van der Waals surface area contributed by atoms with Crippen molar-refractivity contribution >= 4 is 15.9 Å². The average Bonchev–Trinajstić information content (AvgIpc) is 3.39. The molecule has 4 fully saturated rings. The summed E-state index contributed by atoms with van der Waals surface area (Å²) in [6, 6.07) is 0. The summed E-state index contributed by atoms with van der Waals surface area (Å²) in [6.45, 7) is 9.95. The Morgan fingerprint density at radius 2 is 1.67 bits per heavy atom. The van der Waals surface area contributed by atoms with Crippen molar-refractivity contribution in [2.45, 2.75) is 52.4 Å². The first-order valence-electron chi connectivity index (χ1n) is 10.9. The number of likely N-dealkylation sites (tertiary alicyclic amines) is 2. The summed E-state index contributed by atoms with van der Waals surface area (Å²) in [5, 5.41) is 0. The molecule has 1 amide bonds. The molecule has 1 spiro atoms. The van der Waals surface area contributed by atoms with Crippen molar-refractivity contribution in [3.8, 4) is 0 Å². The highest BCUT2D eigenvalue weighted by Crippen LogP contribution is 2.62. The molecule has 4 aliphatic rings. The maximum absolute atomic E-state index is 13.6. The van der Waals surface area contributed by atoms with E-state index in [1.165, 1.54) is 0 Å². The standard InChI is InChI=1S/C20H35N3O3S/c1-3-21-15-17-19(9-13-23(14-10-19)27(25,26)4-2)7-8-20(17,16-21)18(24)22-11-5-6-12-22/h17H,3-16H2,1-2H3/t17-,20+/m0/s1. The van der Waals surface area contributed by atoms with Crippen LogP contribution in [0, 0.1) is 16.7 Å². The molecule has 3 saturated heterocycles. The minimum Gasteiger partial charge on any atom is -0.342 e. The second kappa shape index (κ2) is 6.99. The summed E-state index contributed by atoms with van der Waals surface area (Å²) in [6.07, 6.45) is 6.20. The van der Waals surface area contributed by atoms with Gasteiger partial charge in [-0.2, -0.15) is 0 Å². The maximum atomic E-state index is 13.6. The lowest BCUT2D eigenvalue weighted by Crippen LogP contribution is -2.50. The molecule has 0 aromatic rings. The Bertz CT molecular complexity index is 681. The first-order chi connectivity index (χ1) is 12.9. The van der Waals surface area contributed by atoms with Gasteiger partial charge in [-0.1, -0.05) is 6.92 Å². The number of amides is 1. The van der Waals surface area contributed by atoms with E-state index < -0.39 is 10.0 Å². The molecule has 0 aromatic carbocycles. The van der Waals surface area contributed by atoms with Crippen molar-refractivity contribution in [3.05, 3.63) is 0 Å². The summed E-state index contributed by atoms with van der Waals surface area (Å²) in [7, 11) is -3.10. The van der Waals surface area contributed by atoms with Crippen molar-refractivity contribution in [2.24, 2.45) is 16.7 Å². The fraction of sp³-hybridized carbons (Fsp3) is 0.950. The Labute approximate surface area is 164 Å². The van der Waals surface area contributed by atoms with Crippen LogP contribution in [-0.4, -0.2) is 80.0 Å². The number of hydrogen-bond donors (Lipinski definition) is 0. The van der Waals surface area contributed by atoms with Gasteiger partial charge in [-0.15, -0.1) is 0 Å². The van der Waals surface area contributed by atoms with Crippen molar-refractivity contribution in [1.29, 1.82) is 0 Å². The van der Waals surface area contributed by atoms with Gasteiger partial charge >= 0.3 is 0 Å². The van der Waals surface area contributed by atoms with Gasteiger partial charge < -0.3 is 9.80 Å². The Morgan fingerprint density at radius 1 is 1.00 bits per heavy atom. The number of sulfonamides is 1. The maximum Gasteiger partial charge on any atom is 0.230 e. The molecule has 0 N–H and O–H groups in total. The molecule has 0 radical (unpaired) electrons. The Balaban J connectivity index is 1.57. The number of piperidine rings is 1. The van der Waals surface area contributed by atoms with Crippen molar-refractivity contribution in [3.63, 3.8) is 0 Å². The molecule has 0 unspecified atom stereocenters. The van der Waals surface area contributed by atoms with Crippen LogP contribution in [0.15, 0.2) is 0 Å². The van der Waals surface area contributed by atoms with Crippen LogP contribution in [0.1, 0.15) is 52.4 Å². The summed E-state index contributed by atoms with van der Waals surface area (Å²) in [5.74, 6) is 0.982. The molecule has 3 heterocycles. The van der Waals surface area contributed by atoms with E-state index in [1.807, 2.05) is 0 Å². The predicted octanol–water partition coefficient (Wildman–Crippen LogP) is 1.77. The summed E-state index contributed by atoms with van der Waals surface area (Å²) < 4.78 is 26.3. The molecule has 1 aliphatic carbocycles. The summed E-state index contributed by atoms with van der Waals surface area (Å²) in [5.41, 5.74) is -0.0643. The van der Waals surface area contributed by atoms with E-state index >= 15 is 0 Å². The van der Waals surface area contributed by atoms with E-state index in [0.717, 1.165) is 71.2 Å². The van der Waals surface area contributed by atoms with Crippen LogP contribution in [0.2, 0.25) is 0 Å². The van der Waals surface area contributed by atoms with E-state index in [2.05, 4.69) is 16.7 Å². The van der Waals surface area contributed by atoms with Crippen molar-refractivity contribution < 1.29 is 13.2 Å². The number of carbonyl (C=O) groups excluding carboxylic acids is 1. The molecule has 0 aromatic heterocycles. The van der Waals surface area contributed by atoms with Gasteiger partial charge in [0.15, 0.2) is 0 Å². The van der Waals surface area contributed by atoms with E-state index in [9.17, 15) is 13.2 Å². The smallest absolute Gasteiger partial charge is 0.230 e. The third-order valence-corrected chi connectivity index (χ3v) is 10.0. The zero-order chi connectivity index (χ0) is 19.3. The van der Waals surface area contributed by atoms with Crippen LogP contribution >= 0.6 is 0 Å². The fourth-order valence-corrected chi connectivity index (χ4v) is 7.58. The first kappa shape index (κ1) is 19.6. The molecule has 2 atom stereocenters. The zero-order valence-electron chi connectivity index (χ0n) is 17.0. The molecule has 4 rings (SSSR count). The number of fused-ring (bicyclic) bond motifs is 2. The second-order valence-electron chi connectivity index (χ2n) is 9.20. The van der Waals surface area contributed by atoms with E-state index in [4.69, 9.17) is 0 Å².